The quantitative estimate of drug-likeness (QED) is 0.755. The average molecular weight is 380 g/mol. The molecule has 6 heteroatoms. The first kappa shape index (κ1) is 21.2. The highest BCUT2D eigenvalue weighted by Gasteiger charge is 2.35. The van der Waals surface area contributed by atoms with Crippen molar-refractivity contribution in [2.24, 2.45) is 5.41 Å². The molecular weight excluding hydrogens is 349 g/mol. The zero-order valence-corrected chi connectivity index (χ0v) is 16.6. The topological polar surface area (TPSA) is 37.0 Å². The summed E-state index contributed by atoms with van der Waals surface area (Å²) in [6.45, 7) is 5.77. The molecule has 0 aromatic carbocycles. The lowest BCUT2D eigenvalue weighted by Gasteiger charge is -2.43. The first-order valence-corrected chi connectivity index (χ1v) is 9.48. The molecule has 3 rings (SSSR count). The van der Waals surface area contributed by atoms with Gasteiger partial charge in [0.05, 0.1) is 11.2 Å². The summed E-state index contributed by atoms with van der Waals surface area (Å²) in [4.78, 5) is 5.79. The number of aromatic nitrogens is 1. The Labute approximate surface area is 157 Å². The van der Waals surface area contributed by atoms with Crippen LogP contribution in [0.3, 0.4) is 0 Å². The van der Waals surface area contributed by atoms with Crippen LogP contribution in [0.15, 0.2) is 5.51 Å². The summed E-state index contributed by atoms with van der Waals surface area (Å²) < 4.78 is 0. The van der Waals surface area contributed by atoms with Gasteiger partial charge in [-0.1, -0.05) is 0 Å². The Hall–Kier alpha value is 0.130. The standard InChI is InChI=1S/C17H29N3S.2ClH/c1-14-16(21-13-20-14)3-2-10-19-15-4-6-17(7-5-15)8-11-18-12-9-17;;/h13,15,18-19H,2-12H2,1H3;2*1H. The van der Waals surface area contributed by atoms with E-state index in [1.807, 2.05) is 5.51 Å². The maximum absolute atomic E-state index is 4.33. The SMILES string of the molecule is Cc1ncsc1CCCNC1CCC2(CCNCC2)CC1.Cl.Cl. The molecule has 1 aromatic rings. The third-order valence-electron chi connectivity index (χ3n) is 5.57. The summed E-state index contributed by atoms with van der Waals surface area (Å²) in [5.74, 6) is 0. The first-order valence-electron chi connectivity index (χ1n) is 8.61. The highest BCUT2D eigenvalue weighted by Crippen LogP contribution is 2.43. The van der Waals surface area contributed by atoms with Crippen LogP contribution in [0, 0.1) is 12.3 Å². The van der Waals surface area contributed by atoms with Gasteiger partial charge in [0.2, 0.25) is 0 Å². The molecule has 2 N–H and O–H groups in total. The number of hydrogen-bond acceptors (Lipinski definition) is 4. The fourth-order valence-electron chi connectivity index (χ4n) is 4.01. The summed E-state index contributed by atoms with van der Waals surface area (Å²) in [5.41, 5.74) is 3.89. The van der Waals surface area contributed by atoms with Crippen molar-refractivity contribution in [1.82, 2.24) is 15.6 Å². The second-order valence-electron chi connectivity index (χ2n) is 6.94. The number of piperidine rings is 1. The molecule has 1 aromatic heterocycles. The van der Waals surface area contributed by atoms with Crippen molar-refractivity contribution in [3.63, 3.8) is 0 Å². The van der Waals surface area contributed by atoms with E-state index < -0.39 is 0 Å². The van der Waals surface area contributed by atoms with E-state index in [9.17, 15) is 0 Å². The number of nitrogens with one attached hydrogen (secondary N) is 2. The molecule has 1 saturated heterocycles. The number of halogens is 2. The molecular formula is C17H31Cl2N3S. The molecule has 2 fully saturated rings. The van der Waals surface area contributed by atoms with Gasteiger partial charge in [0.25, 0.3) is 0 Å². The van der Waals surface area contributed by atoms with Crippen LogP contribution in [0.25, 0.3) is 0 Å². The van der Waals surface area contributed by atoms with Gasteiger partial charge in [0.1, 0.15) is 0 Å². The van der Waals surface area contributed by atoms with Gasteiger partial charge >= 0.3 is 0 Å². The van der Waals surface area contributed by atoms with E-state index in [0.29, 0.717) is 5.41 Å². The summed E-state index contributed by atoms with van der Waals surface area (Å²) in [5, 5.41) is 7.30. The predicted molar refractivity (Wildman–Crippen MR) is 104 cm³/mol. The molecule has 0 bridgehead atoms. The maximum Gasteiger partial charge on any atom is 0.0797 e. The highest BCUT2D eigenvalue weighted by molar-refractivity contribution is 7.09. The third-order valence-corrected chi connectivity index (χ3v) is 6.56. The second-order valence-corrected chi connectivity index (χ2v) is 7.88. The Morgan fingerprint density at radius 3 is 2.52 bits per heavy atom. The van der Waals surface area contributed by atoms with Gasteiger partial charge in [-0.15, -0.1) is 36.2 Å². The summed E-state index contributed by atoms with van der Waals surface area (Å²) in [6, 6.07) is 0.771. The van der Waals surface area contributed by atoms with Crippen molar-refractivity contribution in [2.75, 3.05) is 19.6 Å². The van der Waals surface area contributed by atoms with Crippen LogP contribution in [0.2, 0.25) is 0 Å². The lowest BCUT2D eigenvalue weighted by Crippen LogP contribution is -2.43. The summed E-state index contributed by atoms with van der Waals surface area (Å²) >= 11 is 1.81. The van der Waals surface area contributed by atoms with Gasteiger partial charge < -0.3 is 10.6 Å². The molecule has 1 saturated carbocycles. The Morgan fingerprint density at radius 2 is 1.91 bits per heavy atom. The van der Waals surface area contributed by atoms with E-state index >= 15 is 0 Å². The molecule has 3 nitrogen and oxygen atoms in total. The van der Waals surface area contributed by atoms with E-state index in [1.54, 1.807) is 11.3 Å². The molecule has 2 heterocycles. The zero-order valence-electron chi connectivity index (χ0n) is 14.1. The van der Waals surface area contributed by atoms with Crippen molar-refractivity contribution in [1.29, 1.82) is 0 Å². The van der Waals surface area contributed by atoms with Crippen molar-refractivity contribution in [3.8, 4) is 0 Å². The summed E-state index contributed by atoms with van der Waals surface area (Å²) in [6.07, 6.45) is 10.9. The minimum absolute atomic E-state index is 0. The van der Waals surface area contributed by atoms with Crippen molar-refractivity contribution in [3.05, 3.63) is 16.1 Å². The largest absolute Gasteiger partial charge is 0.317 e. The normalized spacial score (nSPS) is 20.7. The van der Waals surface area contributed by atoms with Crippen LogP contribution in [0.4, 0.5) is 0 Å². The minimum atomic E-state index is 0. The number of thiazole rings is 1. The van der Waals surface area contributed by atoms with Crippen LogP contribution < -0.4 is 10.6 Å². The van der Waals surface area contributed by atoms with Crippen LogP contribution in [-0.2, 0) is 6.42 Å². The molecule has 1 aliphatic heterocycles. The van der Waals surface area contributed by atoms with E-state index in [-0.39, 0.29) is 24.8 Å². The van der Waals surface area contributed by atoms with E-state index in [1.165, 1.54) is 75.0 Å². The molecule has 23 heavy (non-hydrogen) atoms. The molecule has 0 unspecified atom stereocenters. The number of aryl methyl sites for hydroxylation is 2. The van der Waals surface area contributed by atoms with Gasteiger partial charge in [-0.25, -0.2) is 4.98 Å². The molecule has 0 amide bonds. The zero-order chi connectivity index (χ0) is 14.5. The fraction of sp³-hybridized carbons (Fsp3) is 0.824. The fourth-order valence-corrected chi connectivity index (χ4v) is 4.84. The lowest BCUT2D eigenvalue weighted by molar-refractivity contribution is 0.116. The van der Waals surface area contributed by atoms with Crippen LogP contribution >= 0.6 is 36.2 Å². The first-order chi connectivity index (χ1) is 10.3. The molecule has 134 valence electrons. The Kier molecular flexibility index (Phi) is 9.39. The number of nitrogens with zero attached hydrogens (tertiary/aromatic N) is 1. The summed E-state index contributed by atoms with van der Waals surface area (Å²) in [7, 11) is 0. The molecule has 1 spiro atoms. The van der Waals surface area contributed by atoms with E-state index in [2.05, 4.69) is 22.5 Å². The molecule has 2 aliphatic rings. The third kappa shape index (κ3) is 5.86. The second kappa shape index (κ2) is 10.2. The van der Waals surface area contributed by atoms with E-state index in [0.717, 1.165) is 12.6 Å². The van der Waals surface area contributed by atoms with Crippen molar-refractivity contribution < 1.29 is 0 Å². The molecule has 0 atom stereocenters. The van der Waals surface area contributed by atoms with Gasteiger partial charge in [-0.2, -0.15) is 0 Å². The Balaban J connectivity index is 0.00000132. The molecule has 1 aliphatic carbocycles. The number of hydrogen-bond donors (Lipinski definition) is 2. The molecule has 0 radical (unpaired) electrons. The van der Waals surface area contributed by atoms with Gasteiger partial charge in [0.15, 0.2) is 0 Å². The van der Waals surface area contributed by atoms with Gasteiger partial charge in [-0.05, 0) is 83.3 Å². The monoisotopic (exact) mass is 379 g/mol. The van der Waals surface area contributed by atoms with Crippen LogP contribution in [-0.4, -0.2) is 30.7 Å². The smallest absolute Gasteiger partial charge is 0.0797 e. The minimum Gasteiger partial charge on any atom is -0.317 e. The Bertz CT molecular complexity index is 437. The van der Waals surface area contributed by atoms with Crippen LogP contribution in [0.1, 0.15) is 55.5 Å². The van der Waals surface area contributed by atoms with E-state index in [4.69, 9.17) is 0 Å². The van der Waals surface area contributed by atoms with Gasteiger partial charge in [-0.3, -0.25) is 0 Å². The predicted octanol–water partition coefficient (Wildman–Crippen LogP) is 4.13. The van der Waals surface area contributed by atoms with Crippen LogP contribution in [0.5, 0.6) is 0 Å². The maximum atomic E-state index is 4.33. The average Bonchev–Trinajstić information content (AvgIpc) is 2.92. The lowest BCUT2D eigenvalue weighted by atomic mass is 9.67. The van der Waals surface area contributed by atoms with Crippen molar-refractivity contribution in [2.45, 2.75) is 64.3 Å². The van der Waals surface area contributed by atoms with Crippen molar-refractivity contribution >= 4 is 36.2 Å². The number of rotatable bonds is 5. The highest BCUT2D eigenvalue weighted by atomic mass is 35.5. The Morgan fingerprint density at radius 1 is 1.22 bits per heavy atom. The van der Waals surface area contributed by atoms with Gasteiger partial charge in [0, 0.05) is 10.9 Å².